The first kappa shape index (κ1) is 10.6. The number of rotatable bonds is 4. The van der Waals surface area contributed by atoms with Gasteiger partial charge in [-0.25, -0.2) is 0 Å². The van der Waals surface area contributed by atoms with E-state index in [1.54, 1.807) is 7.11 Å². The Labute approximate surface area is 84.8 Å². The van der Waals surface area contributed by atoms with Gasteiger partial charge in [-0.2, -0.15) is 5.10 Å². The van der Waals surface area contributed by atoms with E-state index in [1.807, 2.05) is 19.1 Å². The first-order valence-electron chi connectivity index (χ1n) is 4.52. The molecule has 0 aliphatic rings. The molecule has 1 N–H and O–H groups in total. The Hall–Kier alpha value is -1.51. The van der Waals surface area contributed by atoms with E-state index in [-0.39, 0.29) is 0 Å². The standard InChI is InChI=1S/C11H16N2O/c1-8-5-6-11(14-4)9(2)10(8)7-13-12-3/h5-6,13H,3,7H2,1-2,4H3. The Kier molecular flexibility index (Phi) is 3.51. The van der Waals surface area contributed by atoms with E-state index in [9.17, 15) is 0 Å². The van der Waals surface area contributed by atoms with Crippen LogP contribution in [0.3, 0.4) is 0 Å². The predicted molar refractivity (Wildman–Crippen MR) is 58.9 cm³/mol. The number of methoxy groups -OCH3 is 1. The van der Waals surface area contributed by atoms with Crippen LogP contribution in [0.4, 0.5) is 0 Å². The van der Waals surface area contributed by atoms with Crippen LogP contribution < -0.4 is 10.2 Å². The molecule has 0 aromatic heterocycles. The van der Waals surface area contributed by atoms with E-state index in [0.29, 0.717) is 6.54 Å². The molecule has 0 unspecified atom stereocenters. The normalized spacial score (nSPS) is 9.64. The number of nitrogens with one attached hydrogen (secondary N) is 1. The molecule has 0 fully saturated rings. The molecule has 0 amide bonds. The van der Waals surface area contributed by atoms with Crippen LogP contribution in [0, 0.1) is 13.8 Å². The Morgan fingerprint density at radius 1 is 1.43 bits per heavy atom. The van der Waals surface area contributed by atoms with E-state index >= 15 is 0 Å². The number of aryl methyl sites for hydroxylation is 1. The average molecular weight is 192 g/mol. The van der Waals surface area contributed by atoms with Crippen LogP contribution in [0.1, 0.15) is 16.7 Å². The van der Waals surface area contributed by atoms with Crippen molar-refractivity contribution in [2.24, 2.45) is 5.10 Å². The molecule has 0 aliphatic carbocycles. The molecule has 3 heteroatoms. The molecule has 0 bridgehead atoms. The number of hydrazone groups is 1. The van der Waals surface area contributed by atoms with Gasteiger partial charge in [0.2, 0.25) is 0 Å². The molecule has 0 saturated heterocycles. The number of nitrogens with zero attached hydrogens (tertiary/aromatic N) is 1. The highest BCUT2D eigenvalue weighted by Crippen LogP contribution is 2.23. The Bertz CT molecular complexity index is 334. The third-order valence-corrected chi connectivity index (χ3v) is 2.37. The molecule has 76 valence electrons. The van der Waals surface area contributed by atoms with Crippen LogP contribution in [-0.2, 0) is 6.54 Å². The quantitative estimate of drug-likeness (QED) is 0.585. The van der Waals surface area contributed by atoms with Crippen molar-refractivity contribution in [3.63, 3.8) is 0 Å². The second-order valence-electron chi connectivity index (χ2n) is 3.18. The SMILES string of the molecule is C=NNCc1c(C)ccc(OC)c1C. The first-order valence-corrected chi connectivity index (χ1v) is 4.52. The molecule has 0 spiro atoms. The van der Waals surface area contributed by atoms with Gasteiger partial charge in [-0.3, -0.25) is 0 Å². The van der Waals surface area contributed by atoms with Gasteiger partial charge in [0, 0.05) is 6.72 Å². The van der Waals surface area contributed by atoms with Gasteiger partial charge in [0.05, 0.1) is 13.7 Å². The van der Waals surface area contributed by atoms with Crippen LogP contribution in [0.15, 0.2) is 17.2 Å². The summed E-state index contributed by atoms with van der Waals surface area (Å²) >= 11 is 0. The maximum Gasteiger partial charge on any atom is 0.122 e. The van der Waals surface area contributed by atoms with E-state index in [1.165, 1.54) is 11.1 Å². The minimum absolute atomic E-state index is 0.693. The van der Waals surface area contributed by atoms with E-state index in [4.69, 9.17) is 4.74 Å². The minimum atomic E-state index is 0.693. The Morgan fingerprint density at radius 2 is 2.14 bits per heavy atom. The minimum Gasteiger partial charge on any atom is -0.496 e. The predicted octanol–water partition coefficient (Wildman–Crippen LogP) is 2.02. The maximum absolute atomic E-state index is 5.25. The van der Waals surface area contributed by atoms with Crippen molar-refractivity contribution in [1.29, 1.82) is 0 Å². The van der Waals surface area contributed by atoms with Crippen molar-refractivity contribution in [1.82, 2.24) is 5.43 Å². The molecule has 0 aliphatic heterocycles. The molecule has 14 heavy (non-hydrogen) atoms. The lowest BCUT2D eigenvalue weighted by atomic mass is 10.0. The first-order chi connectivity index (χ1) is 6.70. The van der Waals surface area contributed by atoms with Gasteiger partial charge in [-0.15, -0.1) is 0 Å². The zero-order valence-corrected chi connectivity index (χ0v) is 8.92. The lowest BCUT2D eigenvalue weighted by Gasteiger charge is -2.12. The fourth-order valence-corrected chi connectivity index (χ4v) is 1.50. The Morgan fingerprint density at radius 3 is 2.71 bits per heavy atom. The lowest BCUT2D eigenvalue weighted by molar-refractivity contribution is 0.410. The van der Waals surface area contributed by atoms with Crippen molar-refractivity contribution in [2.45, 2.75) is 20.4 Å². The van der Waals surface area contributed by atoms with Gasteiger partial charge < -0.3 is 10.2 Å². The van der Waals surface area contributed by atoms with Crippen LogP contribution in [0.25, 0.3) is 0 Å². The van der Waals surface area contributed by atoms with Crippen LogP contribution in [0.5, 0.6) is 5.75 Å². The fourth-order valence-electron chi connectivity index (χ4n) is 1.50. The lowest BCUT2D eigenvalue weighted by Crippen LogP contribution is -2.08. The van der Waals surface area contributed by atoms with Crippen LogP contribution >= 0.6 is 0 Å². The van der Waals surface area contributed by atoms with Crippen LogP contribution in [-0.4, -0.2) is 13.8 Å². The molecule has 1 aromatic carbocycles. The van der Waals surface area contributed by atoms with Crippen molar-refractivity contribution >= 4 is 6.72 Å². The third kappa shape index (κ3) is 2.05. The number of hydrogen-bond donors (Lipinski definition) is 1. The molecule has 1 rings (SSSR count). The van der Waals surface area contributed by atoms with E-state index in [0.717, 1.165) is 11.3 Å². The molecule has 1 aromatic rings. The molecule has 3 nitrogen and oxygen atoms in total. The van der Waals surface area contributed by atoms with E-state index in [2.05, 4.69) is 24.2 Å². The summed E-state index contributed by atoms with van der Waals surface area (Å²) < 4.78 is 5.25. The largest absolute Gasteiger partial charge is 0.496 e. The van der Waals surface area contributed by atoms with Gasteiger partial charge in [0.25, 0.3) is 0 Å². The van der Waals surface area contributed by atoms with Gasteiger partial charge in [0.1, 0.15) is 5.75 Å². The zero-order chi connectivity index (χ0) is 10.6. The van der Waals surface area contributed by atoms with Gasteiger partial charge in [-0.1, -0.05) is 6.07 Å². The monoisotopic (exact) mass is 192 g/mol. The van der Waals surface area contributed by atoms with Crippen LogP contribution in [0.2, 0.25) is 0 Å². The van der Waals surface area contributed by atoms with Crippen molar-refractivity contribution < 1.29 is 4.74 Å². The van der Waals surface area contributed by atoms with Gasteiger partial charge in [-0.05, 0) is 36.6 Å². The highest BCUT2D eigenvalue weighted by molar-refractivity contribution is 5.43. The smallest absolute Gasteiger partial charge is 0.122 e. The number of ether oxygens (including phenoxy) is 1. The summed E-state index contributed by atoms with van der Waals surface area (Å²) in [5.74, 6) is 0.913. The summed E-state index contributed by atoms with van der Waals surface area (Å²) in [6, 6.07) is 4.03. The van der Waals surface area contributed by atoms with Gasteiger partial charge >= 0.3 is 0 Å². The van der Waals surface area contributed by atoms with Crippen molar-refractivity contribution in [2.75, 3.05) is 7.11 Å². The summed E-state index contributed by atoms with van der Waals surface area (Å²) in [6.45, 7) is 8.20. The molecular weight excluding hydrogens is 176 g/mol. The molecular formula is C11H16N2O. The summed E-state index contributed by atoms with van der Waals surface area (Å²) in [6.07, 6.45) is 0. The molecule has 0 atom stereocenters. The highest BCUT2D eigenvalue weighted by Gasteiger charge is 2.06. The molecule has 0 radical (unpaired) electrons. The van der Waals surface area contributed by atoms with Crippen molar-refractivity contribution in [3.05, 3.63) is 28.8 Å². The van der Waals surface area contributed by atoms with Crippen molar-refractivity contribution in [3.8, 4) is 5.75 Å². The summed E-state index contributed by atoms with van der Waals surface area (Å²) in [5, 5.41) is 3.63. The maximum atomic E-state index is 5.25. The topological polar surface area (TPSA) is 33.6 Å². The summed E-state index contributed by atoms with van der Waals surface area (Å²) in [7, 11) is 1.68. The fraction of sp³-hybridized carbons (Fsp3) is 0.364. The third-order valence-electron chi connectivity index (χ3n) is 2.37. The second-order valence-corrected chi connectivity index (χ2v) is 3.18. The number of benzene rings is 1. The van der Waals surface area contributed by atoms with E-state index < -0.39 is 0 Å². The number of hydrogen-bond acceptors (Lipinski definition) is 3. The van der Waals surface area contributed by atoms with Gasteiger partial charge in [0.15, 0.2) is 0 Å². The summed E-state index contributed by atoms with van der Waals surface area (Å²) in [4.78, 5) is 0. The summed E-state index contributed by atoms with van der Waals surface area (Å²) in [5.41, 5.74) is 6.47. The second kappa shape index (κ2) is 4.65. The average Bonchev–Trinajstić information content (AvgIpc) is 2.18. The zero-order valence-electron chi connectivity index (χ0n) is 8.92. The Balaban J connectivity index is 3.04. The molecule has 0 heterocycles. The molecule has 0 saturated carbocycles. The highest BCUT2D eigenvalue weighted by atomic mass is 16.5.